The molecule has 2 heteroatoms. The zero-order chi connectivity index (χ0) is 12.0. The van der Waals surface area contributed by atoms with Crippen molar-refractivity contribution in [2.75, 3.05) is 27.7 Å². The Hall–Kier alpha value is -0.860. The standard InChI is InChI=1S/C12H17N.C2H7N/c1-10-5-7-11(8-6-10)12-4-3-9-13(12)2;1-3-2/h5-8,12H,3-4,9H2,1-2H3;3H,1-2H3. The van der Waals surface area contributed by atoms with Crippen molar-refractivity contribution in [1.29, 1.82) is 0 Å². The predicted molar refractivity (Wildman–Crippen MR) is 70.8 cm³/mol. The first-order valence-corrected chi connectivity index (χ1v) is 6.04. The first-order chi connectivity index (χ1) is 7.69. The van der Waals surface area contributed by atoms with Crippen molar-refractivity contribution in [3.05, 3.63) is 35.4 Å². The summed E-state index contributed by atoms with van der Waals surface area (Å²) in [5.41, 5.74) is 2.83. The van der Waals surface area contributed by atoms with Crippen molar-refractivity contribution >= 4 is 0 Å². The van der Waals surface area contributed by atoms with Crippen LogP contribution in [0.2, 0.25) is 0 Å². The third-order valence-electron chi connectivity index (χ3n) is 2.98. The Labute approximate surface area is 99.7 Å². The maximum absolute atomic E-state index is 2.75. The Balaban J connectivity index is 0.000000386. The summed E-state index contributed by atoms with van der Waals surface area (Å²) in [5, 5.41) is 2.75. The molecule has 1 aliphatic heterocycles. The van der Waals surface area contributed by atoms with Gasteiger partial charge in [0.25, 0.3) is 0 Å². The fourth-order valence-electron chi connectivity index (χ4n) is 2.12. The molecule has 1 atom stereocenters. The van der Waals surface area contributed by atoms with Gasteiger partial charge in [-0.05, 0) is 53.0 Å². The van der Waals surface area contributed by atoms with Crippen molar-refractivity contribution in [3.8, 4) is 0 Å². The second-order valence-electron chi connectivity index (χ2n) is 4.55. The van der Waals surface area contributed by atoms with Crippen LogP contribution < -0.4 is 5.32 Å². The molecule has 1 unspecified atom stereocenters. The quantitative estimate of drug-likeness (QED) is 0.782. The van der Waals surface area contributed by atoms with Gasteiger partial charge in [0.05, 0.1) is 0 Å². The lowest BCUT2D eigenvalue weighted by atomic mass is 10.0. The largest absolute Gasteiger partial charge is 0.323 e. The Morgan fingerprint density at radius 3 is 2.19 bits per heavy atom. The van der Waals surface area contributed by atoms with Gasteiger partial charge in [-0.1, -0.05) is 29.8 Å². The van der Waals surface area contributed by atoms with Crippen molar-refractivity contribution in [3.63, 3.8) is 0 Å². The summed E-state index contributed by atoms with van der Waals surface area (Å²) in [6.45, 7) is 3.39. The van der Waals surface area contributed by atoms with Crippen LogP contribution in [0, 0.1) is 6.92 Å². The highest BCUT2D eigenvalue weighted by molar-refractivity contribution is 5.24. The molecule has 1 fully saturated rings. The average Bonchev–Trinajstić information content (AvgIpc) is 2.67. The molecule has 1 aromatic carbocycles. The van der Waals surface area contributed by atoms with Crippen LogP contribution in [0.1, 0.15) is 30.0 Å². The van der Waals surface area contributed by atoms with Crippen LogP contribution in [0.3, 0.4) is 0 Å². The molecule has 0 aromatic heterocycles. The average molecular weight is 220 g/mol. The molecule has 2 nitrogen and oxygen atoms in total. The highest BCUT2D eigenvalue weighted by atomic mass is 15.1. The number of nitrogens with one attached hydrogen (secondary N) is 1. The first kappa shape index (κ1) is 13.2. The summed E-state index contributed by atoms with van der Waals surface area (Å²) in [6.07, 6.45) is 2.66. The van der Waals surface area contributed by atoms with Crippen molar-refractivity contribution in [2.24, 2.45) is 0 Å². The lowest BCUT2D eigenvalue weighted by Crippen LogP contribution is -2.17. The Morgan fingerprint density at radius 2 is 1.75 bits per heavy atom. The molecule has 90 valence electrons. The summed E-state index contributed by atoms with van der Waals surface area (Å²) in [7, 11) is 5.97. The third kappa shape index (κ3) is 3.62. The van der Waals surface area contributed by atoms with E-state index >= 15 is 0 Å². The van der Waals surface area contributed by atoms with Crippen LogP contribution in [0.5, 0.6) is 0 Å². The SMILES string of the molecule is CNC.Cc1ccc(C2CCCN2C)cc1. The van der Waals surface area contributed by atoms with Crippen molar-refractivity contribution in [1.82, 2.24) is 10.2 Å². The second-order valence-corrected chi connectivity index (χ2v) is 4.55. The molecule has 0 bridgehead atoms. The summed E-state index contributed by atoms with van der Waals surface area (Å²) in [5.74, 6) is 0. The molecule has 1 heterocycles. The Kier molecular flexibility index (Phi) is 5.50. The van der Waals surface area contributed by atoms with E-state index in [9.17, 15) is 0 Å². The smallest absolute Gasteiger partial charge is 0.0345 e. The topological polar surface area (TPSA) is 15.3 Å². The number of rotatable bonds is 1. The Bertz CT molecular complexity index is 292. The highest BCUT2D eigenvalue weighted by Gasteiger charge is 2.21. The minimum Gasteiger partial charge on any atom is -0.323 e. The van der Waals surface area contributed by atoms with Gasteiger partial charge in [0, 0.05) is 6.04 Å². The van der Waals surface area contributed by atoms with Crippen LogP contribution in [-0.2, 0) is 0 Å². The van der Waals surface area contributed by atoms with E-state index in [0.29, 0.717) is 6.04 Å². The predicted octanol–water partition coefficient (Wildman–Crippen LogP) is 2.60. The second kappa shape index (κ2) is 6.66. The lowest BCUT2D eigenvalue weighted by Gasteiger charge is -2.19. The van der Waals surface area contributed by atoms with Crippen LogP contribution in [0.15, 0.2) is 24.3 Å². The summed E-state index contributed by atoms with van der Waals surface area (Å²) < 4.78 is 0. The van der Waals surface area contributed by atoms with Crippen molar-refractivity contribution < 1.29 is 0 Å². The van der Waals surface area contributed by atoms with E-state index in [1.54, 1.807) is 0 Å². The van der Waals surface area contributed by atoms with E-state index in [1.165, 1.54) is 30.5 Å². The number of hydrogen-bond acceptors (Lipinski definition) is 2. The zero-order valence-electron chi connectivity index (χ0n) is 11.0. The van der Waals surface area contributed by atoms with Gasteiger partial charge in [-0.3, -0.25) is 4.90 Å². The molecular weight excluding hydrogens is 196 g/mol. The normalized spacial score (nSPS) is 20.4. The molecule has 1 N–H and O–H groups in total. The van der Waals surface area contributed by atoms with Gasteiger partial charge in [0.15, 0.2) is 0 Å². The van der Waals surface area contributed by atoms with Gasteiger partial charge in [0.1, 0.15) is 0 Å². The minimum atomic E-state index is 0.667. The monoisotopic (exact) mass is 220 g/mol. The molecule has 1 saturated heterocycles. The molecule has 16 heavy (non-hydrogen) atoms. The highest BCUT2D eigenvalue weighted by Crippen LogP contribution is 2.29. The summed E-state index contributed by atoms with van der Waals surface area (Å²) in [6, 6.07) is 9.62. The molecule has 1 aromatic rings. The van der Waals surface area contributed by atoms with Crippen LogP contribution in [0.25, 0.3) is 0 Å². The summed E-state index contributed by atoms with van der Waals surface area (Å²) in [4.78, 5) is 2.45. The van der Waals surface area contributed by atoms with E-state index in [4.69, 9.17) is 0 Å². The van der Waals surface area contributed by atoms with Gasteiger partial charge < -0.3 is 5.32 Å². The zero-order valence-corrected chi connectivity index (χ0v) is 11.0. The first-order valence-electron chi connectivity index (χ1n) is 6.04. The van der Waals surface area contributed by atoms with E-state index in [2.05, 4.69) is 48.5 Å². The lowest BCUT2D eigenvalue weighted by molar-refractivity contribution is 0.317. The van der Waals surface area contributed by atoms with Gasteiger partial charge in [-0.25, -0.2) is 0 Å². The minimum absolute atomic E-state index is 0.667. The molecule has 1 aliphatic rings. The van der Waals surface area contributed by atoms with Gasteiger partial charge in [0.2, 0.25) is 0 Å². The van der Waals surface area contributed by atoms with Crippen LogP contribution >= 0.6 is 0 Å². The number of benzene rings is 1. The van der Waals surface area contributed by atoms with Crippen LogP contribution in [-0.4, -0.2) is 32.6 Å². The van der Waals surface area contributed by atoms with E-state index in [-0.39, 0.29) is 0 Å². The molecule has 0 amide bonds. The maximum atomic E-state index is 2.75. The number of hydrogen-bond donors (Lipinski definition) is 1. The number of likely N-dealkylation sites (tertiary alicyclic amines) is 1. The molecule has 2 rings (SSSR count). The molecule has 0 radical (unpaired) electrons. The molecule has 0 aliphatic carbocycles. The maximum Gasteiger partial charge on any atom is 0.0345 e. The molecule has 0 saturated carbocycles. The fourth-order valence-corrected chi connectivity index (χ4v) is 2.12. The van der Waals surface area contributed by atoms with Crippen LogP contribution in [0.4, 0.5) is 0 Å². The molecule has 0 spiro atoms. The van der Waals surface area contributed by atoms with Gasteiger partial charge in [-0.15, -0.1) is 0 Å². The van der Waals surface area contributed by atoms with Gasteiger partial charge in [-0.2, -0.15) is 0 Å². The molecular formula is C14H24N2. The van der Waals surface area contributed by atoms with E-state index in [1.807, 2.05) is 14.1 Å². The summed E-state index contributed by atoms with van der Waals surface area (Å²) >= 11 is 0. The Morgan fingerprint density at radius 1 is 1.19 bits per heavy atom. The number of aryl methyl sites for hydroxylation is 1. The number of nitrogens with zero attached hydrogens (tertiary/aromatic N) is 1. The van der Waals surface area contributed by atoms with Gasteiger partial charge >= 0.3 is 0 Å². The van der Waals surface area contributed by atoms with Crippen molar-refractivity contribution in [2.45, 2.75) is 25.8 Å². The third-order valence-corrected chi connectivity index (χ3v) is 2.98. The fraction of sp³-hybridized carbons (Fsp3) is 0.571. The van der Waals surface area contributed by atoms with E-state index < -0.39 is 0 Å². The van der Waals surface area contributed by atoms with E-state index in [0.717, 1.165) is 0 Å².